The third-order valence-corrected chi connectivity index (χ3v) is 5.11. The van der Waals surface area contributed by atoms with Crippen LogP contribution >= 0.6 is 0 Å². The molecule has 31 heavy (non-hydrogen) atoms. The van der Waals surface area contributed by atoms with Crippen molar-refractivity contribution >= 4 is 23.1 Å². The van der Waals surface area contributed by atoms with Gasteiger partial charge in [-0.25, -0.2) is 4.98 Å². The minimum absolute atomic E-state index is 0.228. The summed E-state index contributed by atoms with van der Waals surface area (Å²) in [6.07, 6.45) is 1.65. The first-order valence-electron chi connectivity index (χ1n) is 10.3. The third kappa shape index (κ3) is 5.39. The number of carbonyl (C=O) groups excluding carboxylic acids is 1. The van der Waals surface area contributed by atoms with Gasteiger partial charge in [0.1, 0.15) is 11.6 Å². The van der Waals surface area contributed by atoms with Gasteiger partial charge >= 0.3 is 0 Å². The maximum absolute atomic E-state index is 13.0. The minimum atomic E-state index is -0.228. The molecule has 1 saturated heterocycles. The Morgan fingerprint density at radius 3 is 2.77 bits per heavy atom. The van der Waals surface area contributed by atoms with Crippen LogP contribution in [0.2, 0.25) is 0 Å². The lowest BCUT2D eigenvalue weighted by atomic mass is 10.1. The highest BCUT2D eigenvalue weighted by Crippen LogP contribution is 2.28. The number of nitrogens with one attached hydrogen (secondary N) is 2. The Bertz CT molecular complexity index is 1030. The maximum atomic E-state index is 13.0. The quantitative estimate of drug-likeness (QED) is 0.606. The van der Waals surface area contributed by atoms with Gasteiger partial charge in [-0.15, -0.1) is 0 Å². The summed E-state index contributed by atoms with van der Waals surface area (Å²) in [5, 5.41) is 6.21. The predicted octanol–water partition coefficient (Wildman–Crippen LogP) is 3.92. The van der Waals surface area contributed by atoms with Crippen molar-refractivity contribution in [2.75, 3.05) is 44.0 Å². The van der Waals surface area contributed by atoms with E-state index in [1.54, 1.807) is 25.4 Å². The summed E-state index contributed by atoms with van der Waals surface area (Å²) in [5.41, 5.74) is 3.10. The van der Waals surface area contributed by atoms with Crippen molar-refractivity contribution in [1.82, 2.24) is 9.88 Å². The Labute approximate surface area is 182 Å². The molecule has 4 rings (SSSR count). The number of carbonyl (C=O) groups is 1. The van der Waals surface area contributed by atoms with E-state index in [-0.39, 0.29) is 5.91 Å². The van der Waals surface area contributed by atoms with Crippen LogP contribution < -0.4 is 15.4 Å². The van der Waals surface area contributed by atoms with E-state index in [1.165, 1.54) is 0 Å². The molecule has 0 unspecified atom stereocenters. The molecule has 0 atom stereocenters. The Morgan fingerprint density at radius 2 is 1.94 bits per heavy atom. The normalized spacial score (nSPS) is 14.1. The second-order valence-electron chi connectivity index (χ2n) is 7.27. The molecule has 2 aromatic carbocycles. The Balaban J connectivity index is 1.48. The third-order valence-electron chi connectivity index (χ3n) is 5.11. The zero-order valence-electron chi connectivity index (χ0n) is 17.5. The second kappa shape index (κ2) is 10.1. The molecule has 1 fully saturated rings. The van der Waals surface area contributed by atoms with E-state index < -0.39 is 0 Å². The fourth-order valence-electron chi connectivity index (χ4n) is 3.53. The highest BCUT2D eigenvalue weighted by Gasteiger charge is 2.15. The molecule has 7 nitrogen and oxygen atoms in total. The van der Waals surface area contributed by atoms with Gasteiger partial charge in [-0.1, -0.05) is 24.3 Å². The average Bonchev–Trinajstić information content (AvgIpc) is 2.81. The van der Waals surface area contributed by atoms with Gasteiger partial charge in [0, 0.05) is 31.5 Å². The van der Waals surface area contributed by atoms with Crippen molar-refractivity contribution < 1.29 is 14.3 Å². The number of ether oxygens (including phenoxy) is 2. The predicted molar refractivity (Wildman–Crippen MR) is 121 cm³/mol. The zero-order chi connectivity index (χ0) is 21.5. The van der Waals surface area contributed by atoms with Crippen molar-refractivity contribution in [2.24, 2.45) is 0 Å². The first kappa shape index (κ1) is 20.8. The van der Waals surface area contributed by atoms with Gasteiger partial charge in [0.05, 0.1) is 31.6 Å². The van der Waals surface area contributed by atoms with Crippen LogP contribution in [0.15, 0.2) is 66.9 Å². The number of methoxy groups -OCH3 is 1. The van der Waals surface area contributed by atoms with Gasteiger partial charge in [-0.2, -0.15) is 0 Å². The molecule has 1 aliphatic rings. The molecule has 160 valence electrons. The van der Waals surface area contributed by atoms with E-state index in [1.807, 2.05) is 42.5 Å². The number of hydrogen-bond donors (Lipinski definition) is 2. The van der Waals surface area contributed by atoms with E-state index in [0.717, 1.165) is 49.8 Å². The zero-order valence-corrected chi connectivity index (χ0v) is 17.5. The molecule has 1 amide bonds. The highest BCUT2D eigenvalue weighted by molar-refractivity contribution is 6.07. The summed E-state index contributed by atoms with van der Waals surface area (Å²) in [7, 11) is 1.61. The van der Waals surface area contributed by atoms with Crippen LogP contribution in [0.4, 0.5) is 17.2 Å². The Hall–Kier alpha value is -3.42. The van der Waals surface area contributed by atoms with Gasteiger partial charge in [0.25, 0.3) is 5.91 Å². The lowest BCUT2D eigenvalue weighted by Gasteiger charge is -2.26. The summed E-state index contributed by atoms with van der Waals surface area (Å²) in [6, 6.07) is 18.9. The molecule has 7 heteroatoms. The number of aromatic nitrogens is 1. The number of pyridine rings is 1. The monoisotopic (exact) mass is 418 g/mol. The summed E-state index contributed by atoms with van der Waals surface area (Å²) in [6.45, 7) is 4.20. The van der Waals surface area contributed by atoms with E-state index in [9.17, 15) is 4.79 Å². The SMILES string of the molecule is COc1ccccc1Nc1ncccc1C(=O)Nc1cccc(CN2CCOCC2)c1. The minimum Gasteiger partial charge on any atom is -0.495 e. The molecule has 0 bridgehead atoms. The van der Waals surface area contributed by atoms with E-state index >= 15 is 0 Å². The number of amides is 1. The Morgan fingerprint density at radius 1 is 1.10 bits per heavy atom. The van der Waals surface area contributed by atoms with Crippen LogP contribution in [0.5, 0.6) is 5.75 Å². The van der Waals surface area contributed by atoms with Crippen LogP contribution in [0.1, 0.15) is 15.9 Å². The van der Waals surface area contributed by atoms with Gasteiger partial charge in [-0.3, -0.25) is 9.69 Å². The molecule has 1 aliphatic heterocycles. The van der Waals surface area contributed by atoms with Crippen LogP contribution in [-0.4, -0.2) is 49.2 Å². The van der Waals surface area contributed by atoms with E-state index in [2.05, 4.69) is 26.6 Å². The smallest absolute Gasteiger partial charge is 0.259 e. The number of benzene rings is 2. The number of nitrogens with zero attached hydrogens (tertiary/aromatic N) is 2. The number of anilines is 3. The fraction of sp³-hybridized carbons (Fsp3) is 0.250. The lowest BCUT2D eigenvalue weighted by Crippen LogP contribution is -2.35. The Kier molecular flexibility index (Phi) is 6.76. The standard InChI is InChI=1S/C24H26N4O3/c1-30-22-10-3-2-9-21(22)27-23-20(8-5-11-25-23)24(29)26-19-7-4-6-18(16-19)17-28-12-14-31-15-13-28/h2-11,16H,12-15,17H2,1H3,(H,25,27)(H,26,29). The van der Waals surface area contributed by atoms with Gasteiger partial charge in [-0.05, 0) is 42.0 Å². The van der Waals surface area contributed by atoms with Crippen LogP contribution in [0, 0.1) is 0 Å². The molecule has 0 aliphatic carbocycles. The first-order chi connectivity index (χ1) is 15.2. The molecular weight excluding hydrogens is 392 g/mol. The van der Waals surface area contributed by atoms with Crippen molar-refractivity contribution in [2.45, 2.75) is 6.54 Å². The molecule has 0 saturated carbocycles. The molecule has 3 aromatic rings. The van der Waals surface area contributed by atoms with Crippen LogP contribution in [-0.2, 0) is 11.3 Å². The molecule has 0 spiro atoms. The van der Waals surface area contributed by atoms with E-state index in [0.29, 0.717) is 17.1 Å². The summed E-state index contributed by atoms with van der Waals surface area (Å²) in [4.78, 5) is 19.7. The summed E-state index contributed by atoms with van der Waals surface area (Å²) in [5.74, 6) is 0.915. The summed E-state index contributed by atoms with van der Waals surface area (Å²) < 4.78 is 10.8. The van der Waals surface area contributed by atoms with Crippen molar-refractivity contribution in [3.63, 3.8) is 0 Å². The topological polar surface area (TPSA) is 75.7 Å². The maximum Gasteiger partial charge on any atom is 0.259 e. The van der Waals surface area contributed by atoms with Crippen molar-refractivity contribution in [3.8, 4) is 5.75 Å². The van der Waals surface area contributed by atoms with E-state index in [4.69, 9.17) is 9.47 Å². The fourth-order valence-corrected chi connectivity index (χ4v) is 3.53. The van der Waals surface area contributed by atoms with Crippen molar-refractivity contribution in [1.29, 1.82) is 0 Å². The second-order valence-corrected chi connectivity index (χ2v) is 7.27. The number of hydrogen-bond acceptors (Lipinski definition) is 6. The van der Waals surface area contributed by atoms with Crippen LogP contribution in [0.25, 0.3) is 0 Å². The average molecular weight is 418 g/mol. The largest absolute Gasteiger partial charge is 0.495 e. The molecule has 2 heterocycles. The first-order valence-corrected chi connectivity index (χ1v) is 10.3. The highest BCUT2D eigenvalue weighted by atomic mass is 16.5. The summed E-state index contributed by atoms with van der Waals surface area (Å²) >= 11 is 0. The molecule has 0 radical (unpaired) electrons. The van der Waals surface area contributed by atoms with Gasteiger partial charge in [0.2, 0.25) is 0 Å². The van der Waals surface area contributed by atoms with Crippen molar-refractivity contribution in [3.05, 3.63) is 78.0 Å². The number of para-hydroxylation sites is 2. The molecule has 1 aromatic heterocycles. The van der Waals surface area contributed by atoms with Gasteiger partial charge < -0.3 is 20.1 Å². The van der Waals surface area contributed by atoms with Gasteiger partial charge in [0.15, 0.2) is 0 Å². The molecule has 2 N–H and O–H groups in total. The number of rotatable bonds is 7. The number of morpholine rings is 1. The lowest BCUT2D eigenvalue weighted by molar-refractivity contribution is 0.0342. The molecular formula is C24H26N4O3. The van der Waals surface area contributed by atoms with Crippen LogP contribution in [0.3, 0.4) is 0 Å².